The standard InChI is InChI=1S/C37H23N3O/c1-3-12-25(13-4-1)35-38-36(26-14-5-2-6-15-26)40-37(39-35)27-21-22-30-32-20-10-19-31(34(32)41-33(30)23-27)29-18-9-16-24-11-7-8-17-28(24)29/h1-23H. The van der Waals surface area contributed by atoms with E-state index in [1.807, 2.05) is 66.7 Å². The van der Waals surface area contributed by atoms with Crippen LogP contribution in [0.5, 0.6) is 0 Å². The van der Waals surface area contributed by atoms with Gasteiger partial charge in [-0.1, -0.05) is 127 Å². The normalized spacial score (nSPS) is 11.4. The van der Waals surface area contributed by atoms with E-state index in [1.165, 1.54) is 10.8 Å². The van der Waals surface area contributed by atoms with Crippen LogP contribution in [-0.4, -0.2) is 15.0 Å². The van der Waals surface area contributed by atoms with Crippen molar-refractivity contribution >= 4 is 32.7 Å². The van der Waals surface area contributed by atoms with E-state index in [4.69, 9.17) is 19.4 Å². The highest BCUT2D eigenvalue weighted by molar-refractivity contribution is 6.12. The van der Waals surface area contributed by atoms with E-state index < -0.39 is 0 Å². The van der Waals surface area contributed by atoms with E-state index in [-0.39, 0.29) is 0 Å². The van der Waals surface area contributed by atoms with Crippen molar-refractivity contribution in [2.45, 2.75) is 0 Å². The van der Waals surface area contributed by atoms with Crippen molar-refractivity contribution in [1.82, 2.24) is 15.0 Å². The van der Waals surface area contributed by atoms with Crippen molar-refractivity contribution < 1.29 is 4.42 Å². The topological polar surface area (TPSA) is 51.8 Å². The van der Waals surface area contributed by atoms with E-state index >= 15 is 0 Å². The van der Waals surface area contributed by atoms with E-state index in [9.17, 15) is 0 Å². The number of furan rings is 1. The van der Waals surface area contributed by atoms with Gasteiger partial charge in [-0.05, 0) is 28.5 Å². The van der Waals surface area contributed by atoms with Gasteiger partial charge >= 0.3 is 0 Å². The molecule has 0 spiro atoms. The monoisotopic (exact) mass is 525 g/mol. The fourth-order valence-corrected chi connectivity index (χ4v) is 5.55. The Morgan fingerprint density at radius 3 is 1.68 bits per heavy atom. The highest BCUT2D eigenvalue weighted by atomic mass is 16.3. The molecule has 0 bridgehead atoms. The maximum Gasteiger partial charge on any atom is 0.164 e. The van der Waals surface area contributed by atoms with Gasteiger partial charge in [-0.2, -0.15) is 0 Å². The Kier molecular flexibility index (Phi) is 5.42. The number of aromatic nitrogens is 3. The number of hydrogen-bond acceptors (Lipinski definition) is 4. The van der Waals surface area contributed by atoms with Crippen LogP contribution in [0.3, 0.4) is 0 Å². The number of hydrogen-bond donors (Lipinski definition) is 0. The molecule has 0 aliphatic rings. The van der Waals surface area contributed by atoms with Crippen LogP contribution in [0, 0.1) is 0 Å². The molecule has 2 aromatic heterocycles. The van der Waals surface area contributed by atoms with Crippen LogP contribution >= 0.6 is 0 Å². The first kappa shape index (κ1) is 23.3. The second-order valence-corrected chi connectivity index (χ2v) is 10.1. The average Bonchev–Trinajstić information content (AvgIpc) is 3.43. The lowest BCUT2D eigenvalue weighted by atomic mass is 9.96. The summed E-state index contributed by atoms with van der Waals surface area (Å²) in [5, 5.41) is 4.56. The summed E-state index contributed by atoms with van der Waals surface area (Å²) in [5.74, 6) is 1.88. The van der Waals surface area contributed by atoms with Gasteiger partial charge in [0.1, 0.15) is 11.2 Å². The molecule has 0 unspecified atom stereocenters. The van der Waals surface area contributed by atoms with Crippen molar-refractivity contribution in [2.24, 2.45) is 0 Å². The number of fused-ring (bicyclic) bond motifs is 4. The molecule has 4 heteroatoms. The van der Waals surface area contributed by atoms with Gasteiger partial charge in [-0.15, -0.1) is 0 Å². The van der Waals surface area contributed by atoms with Crippen molar-refractivity contribution in [3.05, 3.63) is 140 Å². The molecule has 6 aromatic carbocycles. The highest BCUT2D eigenvalue weighted by Gasteiger charge is 2.17. The van der Waals surface area contributed by atoms with Gasteiger partial charge in [0.2, 0.25) is 0 Å². The number of rotatable bonds is 4. The summed E-state index contributed by atoms with van der Waals surface area (Å²) in [6.45, 7) is 0. The molecule has 2 heterocycles. The molecule has 0 radical (unpaired) electrons. The zero-order chi connectivity index (χ0) is 27.2. The minimum atomic E-state index is 0.606. The fourth-order valence-electron chi connectivity index (χ4n) is 5.55. The van der Waals surface area contributed by atoms with Crippen LogP contribution in [0.25, 0.3) is 78.0 Å². The molecule has 8 aromatic rings. The third-order valence-corrected chi connectivity index (χ3v) is 7.54. The summed E-state index contributed by atoms with van der Waals surface area (Å²) in [5.41, 5.74) is 6.67. The Labute approximate surface area is 236 Å². The highest BCUT2D eigenvalue weighted by Crippen LogP contribution is 2.39. The summed E-state index contributed by atoms with van der Waals surface area (Å²) in [6, 6.07) is 47.5. The molecule has 0 aliphatic heterocycles. The molecular formula is C37H23N3O. The lowest BCUT2D eigenvalue weighted by Gasteiger charge is -2.08. The Balaban J connectivity index is 1.31. The molecule has 0 saturated heterocycles. The predicted octanol–water partition coefficient (Wildman–Crippen LogP) is 9.59. The summed E-state index contributed by atoms with van der Waals surface area (Å²) in [4.78, 5) is 14.6. The second-order valence-electron chi connectivity index (χ2n) is 10.1. The first-order valence-corrected chi connectivity index (χ1v) is 13.6. The van der Waals surface area contributed by atoms with Crippen LogP contribution in [0.15, 0.2) is 144 Å². The summed E-state index contributed by atoms with van der Waals surface area (Å²) in [6.07, 6.45) is 0. The van der Waals surface area contributed by atoms with Crippen molar-refractivity contribution in [2.75, 3.05) is 0 Å². The van der Waals surface area contributed by atoms with Crippen LogP contribution in [-0.2, 0) is 0 Å². The lowest BCUT2D eigenvalue weighted by molar-refractivity contribution is 0.670. The average molecular weight is 526 g/mol. The number of benzene rings is 6. The Bertz CT molecular complexity index is 2140. The van der Waals surface area contributed by atoms with Crippen LogP contribution in [0.2, 0.25) is 0 Å². The second kappa shape index (κ2) is 9.54. The van der Waals surface area contributed by atoms with Gasteiger partial charge in [0.05, 0.1) is 0 Å². The fraction of sp³-hybridized carbons (Fsp3) is 0. The van der Waals surface area contributed by atoms with Gasteiger partial charge in [0.15, 0.2) is 17.5 Å². The van der Waals surface area contributed by atoms with Gasteiger partial charge < -0.3 is 4.42 Å². The Hall–Kier alpha value is -5.61. The van der Waals surface area contributed by atoms with E-state index in [0.717, 1.165) is 49.8 Å². The zero-order valence-electron chi connectivity index (χ0n) is 22.0. The maximum absolute atomic E-state index is 6.61. The van der Waals surface area contributed by atoms with Gasteiger partial charge in [0.25, 0.3) is 0 Å². The summed E-state index contributed by atoms with van der Waals surface area (Å²) in [7, 11) is 0. The predicted molar refractivity (Wildman–Crippen MR) is 166 cm³/mol. The molecule has 0 saturated carbocycles. The molecule has 4 nitrogen and oxygen atoms in total. The van der Waals surface area contributed by atoms with E-state index in [1.54, 1.807) is 0 Å². The minimum absolute atomic E-state index is 0.606. The van der Waals surface area contributed by atoms with Gasteiger partial charge in [-0.3, -0.25) is 0 Å². The maximum atomic E-state index is 6.61. The molecule has 41 heavy (non-hydrogen) atoms. The number of nitrogens with zero attached hydrogens (tertiary/aromatic N) is 3. The lowest BCUT2D eigenvalue weighted by Crippen LogP contribution is -2.00. The van der Waals surface area contributed by atoms with Crippen molar-refractivity contribution in [1.29, 1.82) is 0 Å². The molecular weight excluding hydrogens is 502 g/mol. The minimum Gasteiger partial charge on any atom is -0.455 e. The Morgan fingerprint density at radius 2 is 0.951 bits per heavy atom. The van der Waals surface area contributed by atoms with Gasteiger partial charge in [-0.25, -0.2) is 15.0 Å². The SMILES string of the molecule is c1ccc(-c2nc(-c3ccccc3)nc(-c3ccc4c(c3)oc3c(-c5cccc6ccccc56)cccc34)n2)cc1. The van der Waals surface area contributed by atoms with E-state index in [2.05, 4.69) is 72.8 Å². The van der Waals surface area contributed by atoms with Gasteiger partial charge in [0, 0.05) is 33.0 Å². The van der Waals surface area contributed by atoms with Crippen molar-refractivity contribution in [3.63, 3.8) is 0 Å². The molecule has 192 valence electrons. The quantitative estimate of drug-likeness (QED) is 0.230. The largest absolute Gasteiger partial charge is 0.455 e. The van der Waals surface area contributed by atoms with Crippen LogP contribution < -0.4 is 0 Å². The molecule has 8 rings (SSSR count). The Morgan fingerprint density at radius 1 is 0.390 bits per heavy atom. The smallest absolute Gasteiger partial charge is 0.164 e. The molecule has 0 atom stereocenters. The van der Waals surface area contributed by atoms with Crippen LogP contribution in [0.4, 0.5) is 0 Å². The summed E-state index contributed by atoms with van der Waals surface area (Å²) >= 11 is 0. The third-order valence-electron chi connectivity index (χ3n) is 7.54. The first-order valence-electron chi connectivity index (χ1n) is 13.6. The molecule has 0 fully saturated rings. The van der Waals surface area contributed by atoms with E-state index in [0.29, 0.717) is 17.5 Å². The molecule has 0 N–H and O–H groups in total. The summed E-state index contributed by atoms with van der Waals surface area (Å²) < 4.78 is 6.61. The number of para-hydroxylation sites is 1. The zero-order valence-corrected chi connectivity index (χ0v) is 22.0. The van der Waals surface area contributed by atoms with Crippen LogP contribution in [0.1, 0.15) is 0 Å². The van der Waals surface area contributed by atoms with Crippen molar-refractivity contribution in [3.8, 4) is 45.3 Å². The molecule has 0 amide bonds. The first-order chi connectivity index (χ1) is 20.3. The third kappa shape index (κ3) is 4.05. The molecule has 0 aliphatic carbocycles.